The van der Waals surface area contributed by atoms with Crippen molar-refractivity contribution in [3.63, 3.8) is 0 Å². The van der Waals surface area contributed by atoms with Crippen molar-refractivity contribution in [2.45, 2.75) is 44.4 Å². The third-order valence-corrected chi connectivity index (χ3v) is 3.56. The number of hydrogen-bond acceptors (Lipinski definition) is 0. The topological polar surface area (TPSA) is 0 Å². The van der Waals surface area contributed by atoms with Gasteiger partial charge in [0.15, 0.2) is 0 Å². The highest BCUT2D eigenvalue weighted by atomic mass is 31.1. The van der Waals surface area contributed by atoms with E-state index in [1.165, 1.54) is 27.8 Å². The largest absolute Gasteiger partial charge is 0.116 e. The van der Waals surface area contributed by atoms with Gasteiger partial charge in [-0.25, -0.2) is 0 Å². The van der Waals surface area contributed by atoms with Crippen LogP contribution in [-0.4, -0.2) is 11.3 Å². The molecule has 0 radical (unpaired) electrons. The zero-order valence-corrected chi connectivity index (χ0v) is 6.78. The highest BCUT2D eigenvalue weighted by Crippen LogP contribution is 2.36. The van der Waals surface area contributed by atoms with E-state index in [4.69, 9.17) is 0 Å². The monoisotopic (exact) mass is 130 g/mol. The maximum atomic E-state index is 2.38. The van der Waals surface area contributed by atoms with Crippen LogP contribution in [0.15, 0.2) is 0 Å². The van der Waals surface area contributed by atoms with Gasteiger partial charge in [0.05, 0.1) is 0 Å². The summed E-state index contributed by atoms with van der Waals surface area (Å²) in [6, 6.07) is 0. The zero-order chi connectivity index (χ0) is 5.98. The van der Waals surface area contributed by atoms with Crippen LogP contribution in [0.1, 0.15) is 33.1 Å². The van der Waals surface area contributed by atoms with Crippen LogP contribution < -0.4 is 0 Å². The fourth-order valence-corrected chi connectivity index (χ4v) is 3.10. The normalized spacial score (nSPS) is 39.8. The van der Waals surface area contributed by atoms with E-state index in [2.05, 4.69) is 13.8 Å². The Bertz CT molecular complexity index is 62.8. The summed E-state index contributed by atoms with van der Waals surface area (Å²) in [4.78, 5) is 0. The SMILES string of the molecule is C[C@H]1CCC[C@H](C)P1. The molecule has 1 heteroatoms. The van der Waals surface area contributed by atoms with Gasteiger partial charge in [-0.3, -0.25) is 0 Å². The lowest BCUT2D eigenvalue weighted by Crippen LogP contribution is -2.08. The van der Waals surface area contributed by atoms with Crippen LogP contribution in [0.5, 0.6) is 0 Å². The van der Waals surface area contributed by atoms with Crippen molar-refractivity contribution in [2.75, 3.05) is 0 Å². The molecule has 0 aliphatic carbocycles. The second-order valence-electron chi connectivity index (χ2n) is 2.90. The van der Waals surface area contributed by atoms with Gasteiger partial charge >= 0.3 is 0 Å². The molecule has 2 atom stereocenters. The molecule has 0 N–H and O–H groups in total. The van der Waals surface area contributed by atoms with Gasteiger partial charge in [0.2, 0.25) is 0 Å². The van der Waals surface area contributed by atoms with Gasteiger partial charge < -0.3 is 0 Å². The molecule has 0 bridgehead atoms. The average molecular weight is 130 g/mol. The summed E-state index contributed by atoms with van der Waals surface area (Å²) in [6.07, 6.45) is 4.46. The van der Waals surface area contributed by atoms with Gasteiger partial charge in [-0.2, -0.15) is 0 Å². The highest BCUT2D eigenvalue weighted by molar-refractivity contribution is 7.39. The summed E-state index contributed by atoms with van der Waals surface area (Å²) in [5.41, 5.74) is 2.08. The molecule has 0 unspecified atom stereocenters. The van der Waals surface area contributed by atoms with Crippen LogP contribution in [0.4, 0.5) is 0 Å². The molecule has 0 aromatic rings. The number of hydrogen-bond donors (Lipinski definition) is 0. The maximum absolute atomic E-state index is 2.38. The van der Waals surface area contributed by atoms with Gasteiger partial charge in [0.1, 0.15) is 0 Å². The van der Waals surface area contributed by atoms with E-state index in [-0.39, 0.29) is 0 Å². The first kappa shape index (κ1) is 6.55. The Morgan fingerprint density at radius 2 is 1.62 bits per heavy atom. The first-order valence-corrected chi connectivity index (χ1v) is 4.70. The third kappa shape index (κ3) is 1.74. The van der Waals surface area contributed by atoms with E-state index in [9.17, 15) is 0 Å². The Morgan fingerprint density at radius 1 is 1.12 bits per heavy atom. The van der Waals surface area contributed by atoms with E-state index < -0.39 is 0 Å². The molecule has 1 aliphatic rings. The van der Waals surface area contributed by atoms with E-state index in [1.54, 1.807) is 0 Å². The molecule has 1 rings (SSSR count). The standard InChI is InChI=1S/C7H15P/c1-6-4-3-5-7(2)8-6/h6-8H,3-5H2,1-2H3/t6-,7-/m0/s1. The molecular formula is C7H15P. The Kier molecular flexibility index (Phi) is 2.31. The van der Waals surface area contributed by atoms with Crippen LogP contribution >= 0.6 is 8.58 Å². The van der Waals surface area contributed by atoms with Crippen molar-refractivity contribution >= 4 is 8.58 Å². The summed E-state index contributed by atoms with van der Waals surface area (Å²) >= 11 is 0. The van der Waals surface area contributed by atoms with Crippen molar-refractivity contribution in [1.82, 2.24) is 0 Å². The smallest absolute Gasteiger partial charge is 0.0263 e. The summed E-state index contributed by atoms with van der Waals surface area (Å²) < 4.78 is 0. The van der Waals surface area contributed by atoms with Crippen molar-refractivity contribution in [3.05, 3.63) is 0 Å². The minimum Gasteiger partial charge on any atom is -0.116 e. The molecule has 0 aromatic carbocycles. The van der Waals surface area contributed by atoms with Crippen LogP contribution in [0.25, 0.3) is 0 Å². The minimum atomic E-state index is 1.04. The van der Waals surface area contributed by atoms with E-state index in [0.717, 1.165) is 11.3 Å². The quantitative estimate of drug-likeness (QED) is 0.442. The van der Waals surface area contributed by atoms with E-state index >= 15 is 0 Å². The fraction of sp³-hybridized carbons (Fsp3) is 1.00. The Morgan fingerprint density at radius 3 is 1.88 bits per heavy atom. The van der Waals surface area contributed by atoms with Crippen LogP contribution in [0.2, 0.25) is 0 Å². The van der Waals surface area contributed by atoms with Gasteiger partial charge in [0.25, 0.3) is 0 Å². The van der Waals surface area contributed by atoms with Gasteiger partial charge in [-0.15, -0.1) is 8.58 Å². The van der Waals surface area contributed by atoms with Crippen molar-refractivity contribution in [1.29, 1.82) is 0 Å². The highest BCUT2D eigenvalue weighted by Gasteiger charge is 2.13. The molecule has 0 amide bonds. The molecule has 0 saturated carbocycles. The van der Waals surface area contributed by atoms with Crippen molar-refractivity contribution in [2.24, 2.45) is 0 Å². The zero-order valence-electron chi connectivity index (χ0n) is 5.78. The molecule has 0 nitrogen and oxygen atoms in total. The predicted molar refractivity (Wildman–Crippen MR) is 41.1 cm³/mol. The molecule has 1 aliphatic heterocycles. The molecule has 1 saturated heterocycles. The summed E-state index contributed by atoms with van der Waals surface area (Å²) in [5.74, 6) is 0. The minimum absolute atomic E-state index is 1.04. The predicted octanol–water partition coefficient (Wildman–Crippen LogP) is 2.63. The summed E-state index contributed by atoms with van der Waals surface area (Å²) in [5, 5.41) is 0. The lowest BCUT2D eigenvalue weighted by atomic mass is 10.1. The lowest BCUT2D eigenvalue weighted by molar-refractivity contribution is 0.633. The second-order valence-corrected chi connectivity index (χ2v) is 5.20. The molecule has 1 fully saturated rings. The molecule has 1 heterocycles. The number of rotatable bonds is 0. The first-order chi connectivity index (χ1) is 3.79. The van der Waals surface area contributed by atoms with Gasteiger partial charge in [-0.05, 0) is 24.2 Å². The van der Waals surface area contributed by atoms with Crippen LogP contribution in [0.3, 0.4) is 0 Å². The Balaban J connectivity index is 2.23. The van der Waals surface area contributed by atoms with Crippen LogP contribution in [-0.2, 0) is 0 Å². The first-order valence-electron chi connectivity index (χ1n) is 3.55. The molecule has 48 valence electrons. The Labute approximate surface area is 53.8 Å². The van der Waals surface area contributed by atoms with Gasteiger partial charge in [0, 0.05) is 0 Å². The van der Waals surface area contributed by atoms with Crippen molar-refractivity contribution < 1.29 is 0 Å². The average Bonchev–Trinajstić information content (AvgIpc) is 1.64. The maximum Gasteiger partial charge on any atom is -0.0263 e. The molecular weight excluding hydrogens is 115 g/mol. The Hall–Kier alpha value is 0.430. The van der Waals surface area contributed by atoms with E-state index in [0.29, 0.717) is 0 Å². The molecule has 0 spiro atoms. The molecule has 0 aromatic heterocycles. The lowest BCUT2D eigenvalue weighted by Gasteiger charge is -2.23. The van der Waals surface area contributed by atoms with Crippen LogP contribution in [0, 0.1) is 0 Å². The van der Waals surface area contributed by atoms with Crippen molar-refractivity contribution in [3.8, 4) is 0 Å². The van der Waals surface area contributed by atoms with E-state index in [1.807, 2.05) is 0 Å². The second kappa shape index (κ2) is 2.82. The summed E-state index contributed by atoms with van der Waals surface area (Å²) in [7, 11) is 1.25. The molecule has 8 heavy (non-hydrogen) atoms. The summed E-state index contributed by atoms with van der Waals surface area (Å²) in [6.45, 7) is 4.77. The third-order valence-electron chi connectivity index (χ3n) is 1.84. The fourth-order valence-electron chi connectivity index (χ4n) is 1.38. The van der Waals surface area contributed by atoms with Gasteiger partial charge in [-0.1, -0.05) is 20.3 Å².